The number of aromatic nitrogens is 2. The van der Waals surface area contributed by atoms with Crippen LogP contribution in [0.3, 0.4) is 0 Å². The van der Waals surface area contributed by atoms with Crippen molar-refractivity contribution in [3.63, 3.8) is 0 Å². The molecule has 3 N–H and O–H groups in total. The molecule has 0 saturated carbocycles. The number of carbonyl (C=O) groups is 1. The van der Waals surface area contributed by atoms with E-state index in [1.54, 1.807) is 30.6 Å². The summed E-state index contributed by atoms with van der Waals surface area (Å²) in [4.78, 5) is 20.8. The summed E-state index contributed by atoms with van der Waals surface area (Å²) in [5.74, 6) is 0.330. The minimum Gasteiger partial charge on any atom is -0.504 e. The first-order valence-corrected chi connectivity index (χ1v) is 10.3. The first-order valence-electron chi connectivity index (χ1n) is 9.39. The molecule has 0 unspecified atom stereocenters. The Labute approximate surface area is 182 Å². The number of benzene rings is 2. The van der Waals surface area contributed by atoms with E-state index in [2.05, 4.69) is 15.3 Å². The van der Waals surface area contributed by atoms with Crippen LogP contribution in [-0.4, -0.2) is 26.1 Å². The van der Waals surface area contributed by atoms with Gasteiger partial charge in [-0.1, -0.05) is 0 Å². The zero-order valence-corrected chi connectivity index (χ0v) is 17.6. The summed E-state index contributed by atoms with van der Waals surface area (Å²) in [6, 6.07) is 11.3. The second-order valence-electron chi connectivity index (χ2n) is 6.91. The van der Waals surface area contributed by atoms with Gasteiger partial charge in [-0.05, 0) is 61.4 Å². The molecule has 0 fully saturated rings. The highest BCUT2D eigenvalue weighted by Gasteiger charge is 2.14. The van der Waals surface area contributed by atoms with E-state index < -0.39 is 0 Å². The lowest BCUT2D eigenvalue weighted by Gasteiger charge is -2.12. The predicted molar refractivity (Wildman–Crippen MR) is 119 cm³/mol. The van der Waals surface area contributed by atoms with Crippen LogP contribution in [0.15, 0.2) is 60.2 Å². The molecule has 2 aromatic heterocycles. The molecule has 4 aromatic rings. The number of thiazole rings is 1. The van der Waals surface area contributed by atoms with Crippen molar-refractivity contribution >= 4 is 22.4 Å². The van der Waals surface area contributed by atoms with Crippen molar-refractivity contribution in [1.82, 2.24) is 9.97 Å². The molecule has 2 heterocycles. The molecule has 0 radical (unpaired) electrons. The number of hydrogen-bond donors (Lipinski definition) is 3. The predicted octanol–water partition coefficient (Wildman–Crippen LogP) is 5.28. The Hall–Kier alpha value is -3.91. The second kappa shape index (κ2) is 8.45. The van der Waals surface area contributed by atoms with E-state index in [1.165, 1.54) is 23.5 Å². The van der Waals surface area contributed by atoms with E-state index in [-0.39, 0.29) is 17.4 Å². The van der Waals surface area contributed by atoms with Crippen molar-refractivity contribution in [1.29, 1.82) is 0 Å². The van der Waals surface area contributed by atoms with Gasteiger partial charge in [-0.3, -0.25) is 15.1 Å². The third kappa shape index (κ3) is 4.49. The molecule has 0 aliphatic carbocycles. The van der Waals surface area contributed by atoms with Gasteiger partial charge in [-0.2, -0.15) is 0 Å². The molecule has 0 aliphatic rings. The first kappa shape index (κ1) is 20.4. The number of aromatic hydroxyl groups is 2. The van der Waals surface area contributed by atoms with Gasteiger partial charge in [0.15, 0.2) is 16.6 Å². The standard InChI is InChI=1S/C23H19N3O4S/c1-13-9-17(30-16-3-4-19(27)20(28)11-16)10-14(2)21(13)18-12-31-23(25-18)26-22(29)15-5-7-24-8-6-15/h3-12,27-28H,1-2H3,(H,25,26,29). The number of hydrogen-bond acceptors (Lipinski definition) is 7. The second-order valence-corrected chi connectivity index (χ2v) is 7.77. The Morgan fingerprint density at radius 2 is 1.68 bits per heavy atom. The minimum atomic E-state index is -0.244. The van der Waals surface area contributed by atoms with Crippen LogP contribution in [0, 0.1) is 13.8 Å². The van der Waals surface area contributed by atoms with Crippen molar-refractivity contribution in [2.24, 2.45) is 0 Å². The Morgan fingerprint density at radius 1 is 0.968 bits per heavy atom. The molecule has 0 spiro atoms. The van der Waals surface area contributed by atoms with Gasteiger partial charge in [-0.15, -0.1) is 11.3 Å². The van der Waals surface area contributed by atoms with Gasteiger partial charge in [0.05, 0.1) is 5.69 Å². The van der Waals surface area contributed by atoms with Gasteiger partial charge in [0.2, 0.25) is 0 Å². The lowest BCUT2D eigenvalue weighted by atomic mass is 10.0. The van der Waals surface area contributed by atoms with Gasteiger partial charge in [0, 0.05) is 35.0 Å². The summed E-state index contributed by atoms with van der Waals surface area (Å²) in [6.07, 6.45) is 3.14. The molecule has 0 aliphatic heterocycles. The van der Waals surface area contributed by atoms with Crippen LogP contribution in [0.4, 0.5) is 5.13 Å². The number of carbonyl (C=O) groups excluding carboxylic acids is 1. The largest absolute Gasteiger partial charge is 0.504 e. The summed E-state index contributed by atoms with van der Waals surface area (Å²) >= 11 is 1.35. The van der Waals surface area contributed by atoms with E-state index in [1.807, 2.05) is 31.4 Å². The van der Waals surface area contributed by atoms with E-state index in [9.17, 15) is 15.0 Å². The van der Waals surface area contributed by atoms with E-state index >= 15 is 0 Å². The Morgan fingerprint density at radius 3 is 2.35 bits per heavy atom. The molecule has 1 amide bonds. The van der Waals surface area contributed by atoms with E-state index in [0.29, 0.717) is 22.2 Å². The average molecular weight is 433 g/mol. The maximum absolute atomic E-state index is 12.3. The molecular formula is C23H19N3O4S. The van der Waals surface area contributed by atoms with Crippen LogP contribution in [-0.2, 0) is 0 Å². The molecule has 8 heteroatoms. The summed E-state index contributed by atoms with van der Waals surface area (Å²) in [6.45, 7) is 3.91. The van der Waals surface area contributed by atoms with Crippen molar-refractivity contribution in [2.45, 2.75) is 13.8 Å². The van der Waals surface area contributed by atoms with Crippen LogP contribution in [0.25, 0.3) is 11.3 Å². The SMILES string of the molecule is Cc1cc(Oc2ccc(O)c(O)c2)cc(C)c1-c1csc(NC(=O)c2ccncc2)n1. The summed E-state index contributed by atoms with van der Waals surface area (Å²) in [5.41, 5.74) is 4.15. The van der Waals surface area contributed by atoms with Crippen LogP contribution < -0.4 is 10.1 Å². The van der Waals surface area contributed by atoms with Crippen molar-refractivity contribution in [3.8, 4) is 34.3 Å². The number of aryl methyl sites for hydroxylation is 2. The van der Waals surface area contributed by atoms with Gasteiger partial charge in [0.1, 0.15) is 11.5 Å². The topological polar surface area (TPSA) is 105 Å². The lowest BCUT2D eigenvalue weighted by Crippen LogP contribution is -2.11. The third-order valence-corrected chi connectivity index (χ3v) is 5.37. The van der Waals surface area contributed by atoms with Gasteiger partial charge < -0.3 is 14.9 Å². The monoisotopic (exact) mass is 433 g/mol. The number of amides is 1. The fraction of sp³-hybridized carbons (Fsp3) is 0.0870. The summed E-state index contributed by atoms with van der Waals surface area (Å²) in [5, 5.41) is 24.3. The number of nitrogens with zero attached hydrogens (tertiary/aromatic N) is 2. The first-order chi connectivity index (χ1) is 14.9. The highest BCUT2D eigenvalue weighted by atomic mass is 32.1. The molecule has 2 aromatic carbocycles. The smallest absolute Gasteiger partial charge is 0.257 e. The van der Waals surface area contributed by atoms with Crippen LogP contribution in [0.5, 0.6) is 23.0 Å². The van der Waals surface area contributed by atoms with E-state index in [0.717, 1.165) is 22.4 Å². The van der Waals surface area contributed by atoms with Crippen molar-refractivity contribution < 1.29 is 19.7 Å². The lowest BCUT2D eigenvalue weighted by molar-refractivity contribution is 0.102. The number of pyridine rings is 1. The quantitative estimate of drug-likeness (QED) is 0.370. The summed E-state index contributed by atoms with van der Waals surface area (Å²) < 4.78 is 5.82. The molecule has 4 rings (SSSR count). The number of phenols is 2. The Bertz CT molecular complexity index is 1230. The molecule has 31 heavy (non-hydrogen) atoms. The van der Waals surface area contributed by atoms with Crippen LogP contribution in [0.1, 0.15) is 21.5 Å². The molecule has 0 saturated heterocycles. The average Bonchev–Trinajstić information content (AvgIpc) is 3.18. The fourth-order valence-corrected chi connectivity index (χ4v) is 3.90. The maximum Gasteiger partial charge on any atom is 0.257 e. The highest BCUT2D eigenvalue weighted by molar-refractivity contribution is 7.14. The Kier molecular flexibility index (Phi) is 5.55. The number of ether oxygens (including phenoxy) is 1. The summed E-state index contributed by atoms with van der Waals surface area (Å²) in [7, 11) is 0. The normalized spacial score (nSPS) is 10.6. The van der Waals surface area contributed by atoms with Gasteiger partial charge in [-0.25, -0.2) is 4.98 Å². The van der Waals surface area contributed by atoms with E-state index in [4.69, 9.17) is 4.74 Å². The molecular weight excluding hydrogens is 414 g/mol. The third-order valence-electron chi connectivity index (χ3n) is 4.61. The van der Waals surface area contributed by atoms with Crippen molar-refractivity contribution in [3.05, 3.63) is 76.9 Å². The van der Waals surface area contributed by atoms with Crippen molar-refractivity contribution in [2.75, 3.05) is 5.32 Å². The van der Waals surface area contributed by atoms with Gasteiger partial charge >= 0.3 is 0 Å². The zero-order valence-electron chi connectivity index (χ0n) is 16.8. The van der Waals surface area contributed by atoms with Crippen LogP contribution >= 0.6 is 11.3 Å². The maximum atomic E-state index is 12.3. The minimum absolute atomic E-state index is 0.203. The fourth-order valence-electron chi connectivity index (χ4n) is 3.21. The highest BCUT2D eigenvalue weighted by Crippen LogP contribution is 2.36. The van der Waals surface area contributed by atoms with Gasteiger partial charge in [0.25, 0.3) is 5.91 Å². The molecule has 156 valence electrons. The number of phenolic OH excluding ortho intramolecular Hbond substituents is 2. The Balaban J connectivity index is 1.55. The zero-order chi connectivity index (χ0) is 22.0. The molecule has 0 bridgehead atoms. The number of nitrogens with one attached hydrogen (secondary N) is 1. The molecule has 0 atom stereocenters. The number of rotatable bonds is 5. The number of anilines is 1. The van der Waals surface area contributed by atoms with Crippen LogP contribution in [0.2, 0.25) is 0 Å². The molecule has 7 nitrogen and oxygen atoms in total.